The highest BCUT2D eigenvalue weighted by Gasteiger charge is 2.63. The van der Waals surface area contributed by atoms with Gasteiger partial charge in [-0.05, 0) is 37.7 Å². The number of aliphatic hydroxyl groups excluding tert-OH is 1. The highest BCUT2D eigenvalue weighted by molar-refractivity contribution is 6.00. The Bertz CT molecular complexity index is 744. The minimum absolute atomic E-state index is 0.0522. The number of aliphatic hydroxyl groups is 1. The van der Waals surface area contributed by atoms with Crippen molar-refractivity contribution in [2.75, 3.05) is 6.61 Å². The van der Waals surface area contributed by atoms with E-state index in [2.05, 4.69) is 10.1 Å². The first kappa shape index (κ1) is 17.2. The first-order chi connectivity index (χ1) is 12.5. The van der Waals surface area contributed by atoms with Crippen molar-refractivity contribution in [1.82, 2.24) is 19.7 Å². The van der Waals surface area contributed by atoms with E-state index < -0.39 is 30.1 Å². The Morgan fingerprint density at radius 3 is 2.96 bits per heavy atom. The molecule has 0 radical (unpaired) electrons. The van der Waals surface area contributed by atoms with Crippen LogP contribution in [0.3, 0.4) is 0 Å². The zero-order chi connectivity index (χ0) is 18.4. The normalized spacial score (nSPS) is 31.5. The van der Waals surface area contributed by atoms with Crippen molar-refractivity contribution < 1.29 is 24.5 Å². The molecule has 9 heteroatoms. The van der Waals surface area contributed by atoms with Crippen molar-refractivity contribution in [3.63, 3.8) is 0 Å². The van der Waals surface area contributed by atoms with Crippen LogP contribution < -0.4 is 0 Å². The van der Waals surface area contributed by atoms with Gasteiger partial charge in [0.25, 0.3) is 0 Å². The molecule has 0 aliphatic carbocycles. The summed E-state index contributed by atoms with van der Waals surface area (Å²) in [4.78, 5) is 29.5. The standard InChI is InChI=1S/C17H22N4O5/c1-9(22)11-13-15-12(14(17(24)25)21(13)16(11)23)10(4-6-26-15)3-2-5-20-8-18-7-19-20/h7-11,13,15,22H,2-6H2,1H3,(H,24,25)/t9-,10+,11-,13+,15+/m1/s1. The lowest BCUT2D eigenvalue weighted by molar-refractivity contribution is -0.168. The Labute approximate surface area is 150 Å². The minimum atomic E-state index is -1.10. The van der Waals surface area contributed by atoms with Crippen molar-refractivity contribution in [3.05, 3.63) is 23.9 Å². The van der Waals surface area contributed by atoms with Crippen molar-refractivity contribution in [3.8, 4) is 0 Å². The molecule has 0 spiro atoms. The van der Waals surface area contributed by atoms with E-state index in [4.69, 9.17) is 4.74 Å². The molecule has 0 saturated carbocycles. The number of nitrogens with zero attached hydrogens (tertiary/aromatic N) is 4. The summed E-state index contributed by atoms with van der Waals surface area (Å²) in [5.41, 5.74) is 0.774. The maximum absolute atomic E-state index is 12.4. The lowest BCUT2D eigenvalue weighted by atomic mass is 9.78. The number of ether oxygens (including phenoxy) is 1. The van der Waals surface area contributed by atoms with Gasteiger partial charge in [-0.25, -0.2) is 9.78 Å². The van der Waals surface area contributed by atoms with Gasteiger partial charge in [-0.2, -0.15) is 5.10 Å². The quantitative estimate of drug-likeness (QED) is 0.685. The molecule has 4 rings (SSSR count). The monoisotopic (exact) mass is 362 g/mol. The van der Waals surface area contributed by atoms with Gasteiger partial charge < -0.3 is 14.9 Å². The van der Waals surface area contributed by atoms with Crippen LogP contribution in [-0.2, 0) is 20.9 Å². The van der Waals surface area contributed by atoms with E-state index in [-0.39, 0.29) is 17.5 Å². The van der Waals surface area contributed by atoms with Gasteiger partial charge in [-0.1, -0.05) is 0 Å². The number of carbonyl (C=O) groups is 2. The third kappa shape index (κ3) is 2.53. The Balaban J connectivity index is 1.56. The second-order valence-corrected chi connectivity index (χ2v) is 7.15. The maximum atomic E-state index is 12.4. The fourth-order valence-electron chi connectivity index (χ4n) is 4.55. The van der Waals surface area contributed by atoms with Crippen LogP contribution in [0.2, 0.25) is 0 Å². The van der Waals surface area contributed by atoms with Crippen molar-refractivity contribution >= 4 is 11.9 Å². The first-order valence-electron chi connectivity index (χ1n) is 8.93. The topological polar surface area (TPSA) is 118 Å². The predicted octanol–water partition coefficient (Wildman–Crippen LogP) is 0.0235. The number of fused-ring (bicyclic) bond motifs is 3. The number of hydrogen-bond acceptors (Lipinski definition) is 6. The summed E-state index contributed by atoms with van der Waals surface area (Å²) in [7, 11) is 0. The molecule has 140 valence electrons. The zero-order valence-corrected chi connectivity index (χ0v) is 14.5. The molecule has 1 aromatic heterocycles. The van der Waals surface area contributed by atoms with Crippen LogP contribution in [-0.4, -0.2) is 66.6 Å². The number of carboxylic acid groups (broad SMARTS) is 1. The molecule has 3 aliphatic rings. The van der Waals surface area contributed by atoms with Crippen LogP contribution in [0, 0.1) is 11.8 Å². The van der Waals surface area contributed by atoms with Gasteiger partial charge in [0.15, 0.2) is 0 Å². The van der Waals surface area contributed by atoms with Gasteiger partial charge in [0, 0.05) is 13.2 Å². The summed E-state index contributed by atoms with van der Waals surface area (Å²) in [6.45, 7) is 2.80. The number of aryl methyl sites for hydroxylation is 1. The lowest BCUT2D eigenvalue weighted by Gasteiger charge is -2.47. The second-order valence-electron chi connectivity index (χ2n) is 7.15. The van der Waals surface area contributed by atoms with Gasteiger partial charge in [0.05, 0.1) is 18.1 Å². The maximum Gasteiger partial charge on any atom is 0.352 e. The number of amides is 1. The zero-order valence-electron chi connectivity index (χ0n) is 14.5. The minimum Gasteiger partial charge on any atom is -0.477 e. The summed E-state index contributed by atoms with van der Waals surface area (Å²) < 4.78 is 7.62. The molecular formula is C17H22N4O5. The molecule has 4 heterocycles. The number of aromatic nitrogens is 3. The molecule has 0 aromatic carbocycles. The molecule has 2 N–H and O–H groups in total. The highest BCUT2D eigenvalue weighted by Crippen LogP contribution is 2.50. The number of carbonyl (C=O) groups excluding carboxylic acids is 1. The number of hydrogen-bond donors (Lipinski definition) is 2. The molecule has 26 heavy (non-hydrogen) atoms. The lowest BCUT2D eigenvalue weighted by Crippen LogP contribution is -2.65. The number of carboxylic acids is 1. The molecule has 1 aromatic rings. The molecule has 5 atom stereocenters. The molecule has 0 unspecified atom stereocenters. The summed E-state index contributed by atoms with van der Waals surface area (Å²) in [6.07, 6.45) is 4.24. The highest BCUT2D eigenvalue weighted by atomic mass is 16.5. The van der Waals surface area contributed by atoms with Crippen molar-refractivity contribution in [2.45, 2.75) is 51.0 Å². The molecule has 0 bridgehead atoms. The third-order valence-electron chi connectivity index (χ3n) is 5.65. The summed E-state index contributed by atoms with van der Waals surface area (Å²) in [5.74, 6) is -1.97. The Morgan fingerprint density at radius 1 is 1.50 bits per heavy atom. The fourth-order valence-corrected chi connectivity index (χ4v) is 4.55. The molecule has 1 amide bonds. The van der Waals surface area contributed by atoms with Crippen LogP contribution in [0.25, 0.3) is 0 Å². The van der Waals surface area contributed by atoms with Gasteiger partial charge in [-0.3, -0.25) is 14.4 Å². The van der Waals surface area contributed by atoms with Crippen LogP contribution in [0.4, 0.5) is 0 Å². The molecule has 2 fully saturated rings. The number of rotatable bonds is 6. The van der Waals surface area contributed by atoms with Crippen molar-refractivity contribution in [2.24, 2.45) is 11.8 Å². The first-order valence-corrected chi connectivity index (χ1v) is 8.93. The van der Waals surface area contributed by atoms with Crippen LogP contribution in [0.5, 0.6) is 0 Å². The second kappa shape index (κ2) is 6.48. The van der Waals surface area contributed by atoms with Crippen LogP contribution in [0.15, 0.2) is 23.9 Å². The molecule has 2 saturated heterocycles. The summed E-state index contributed by atoms with van der Waals surface area (Å²) in [5, 5.41) is 23.7. The van der Waals surface area contributed by atoms with E-state index in [0.29, 0.717) is 18.7 Å². The molecular weight excluding hydrogens is 340 g/mol. The SMILES string of the molecule is C[C@@H](O)[C@H]1C(=O)N2C(C(=O)O)=C3[C@@H](CCCn4cncn4)CCO[C@@H]3[C@H]12. The molecule has 3 aliphatic heterocycles. The van der Waals surface area contributed by atoms with E-state index in [1.54, 1.807) is 17.9 Å². The average Bonchev–Trinajstić information content (AvgIpc) is 3.19. The van der Waals surface area contributed by atoms with E-state index in [0.717, 1.165) is 19.3 Å². The number of aliphatic carboxylic acids is 1. The van der Waals surface area contributed by atoms with Crippen LogP contribution in [0.1, 0.15) is 26.2 Å². The van der Waals surface area contributed by atoms with Crippen molar-refractivity contribution in [1.29, 1.82) is 0 Å². The average molecular weight is 362 g/mol. The predicted molar refractivity (Wildman–Crippen MR) is 87.6 cm³/mol. The van der Waals surface area contributed by atoms with Gasteiger partial charge in [-0.15, -0.1) is 0 Å². The Morgan fingerprint density at radius 2 is 2.31 bits per heavy atom. The number of β-lactam (4-membered cyclic amide) rings is 1. The Kier molecular flexibility index (Phi) is 4.28. The van der Waals surface area contributed by atoms with Crippen LogP contribution >= 0.6 is 0 Å². The van der Waals surface area contributed by atoms with Gasteiger partial charge >= 0.3 is 5.97 Å². The van der Waals surface area contributed by atoms with E-state index in [1.807, 2.05) is 0 Å². The summed E-state index contributed by atoms with van der Waals surface area (Å²) in [6, 6.07) is -0.401. The van der Waals surface area contributed by atoms with E-state index in [1.165, 1.54) is 11.2 Å². The summed E-state index contributed by atoms with van der Waals surface area (Å²) >= 11 is 0. The van der Waals surface area contributed by atoms with Gasteiger partial charge in [0.1, 0.15) is 24.5 Å². The third-order valence-corrected chi connectivity index (χ3v) is 5.65. The van der Waals surface area contributed by atoms with Gasteiger partial charge in [0.2, 0.25) is 5.91 Å². The van der Waals surface area contributed by atoms with E-state index in [9.17, 15) is 19.8 Å². The molecule has 9 nitrogen and oxygen atoms in total. The fraction of sp³-hybridized carbons (Fsp3) is 0.647. The largest absolute Gasteiger partial charge is 0.477 e. The van der Waals surface area contributed by atoms with E-state index >= 15 is 0 Å². The Hall–Kier alpha value is -2.26. The smallest absolute Gasteiger partial charge is 0.352 e.